The lowest BCUT2D eigenvalue weighted by molar-refractivity contribution is 0.0997. The molecule has 1 aromatic heterocycles. The van der Waals surface area contributed by atoms with Crippen molar-refractivity contribution in [2.45, 2.75) is 6.04 Å². The summed E-state index contributed by atoms with van der Waals surface area (Å²) >= 11 is 12.6. The molecule has 0 radical (unpaired) electrons. The van der Waals surface area contributed by atoms with Crippen molar-refractivity contribution in [1.29, 1.82) is 0 Å². The first-order valence-electron chi connectivity index (χ1n) is 9.13. The van der Waals surface area contributed by atoms with E-state index in [4.69, 9.17) is 27.9 Å². The van der Waals surface area contributed by atoms with Gasteiger partial charge in [-0.25, -0.2) is 9.79 Å². The topological polar surface area (TPSA) is 88.0 Å². The minimum Gasteiger partial charge on any atom is -0.412 e. The number of aliphatic imine (C=N–C) groups is 1. The molecule has 11 heteroatoms. The first-order valence-corrected chi connectivity index (χ1v) is 9.89. The van der Waals surface area contributed by atoms with Gasteiger partial charge in [-0.05, 0) is 36.6 Å². The van der Waals surface area contributed by atoms with Crippen LogP contribution in [0.3, 0.4) is 0 Å². The molecule has 0 bridgehead atoms. The van der Waals surface area contributed by atoms with Crippen molar-refractivity contribution in [2.75, 3.05) is 21.1 Å². The summed E-state index contributed by atoms with van der Waals surface area (Å²) in [6, 6.07) is 6.07. The first kappa shape index (κ1) is 25.8. The van der Waals surface area contributed by atoms with Gasteiger partial charge in [-0.3, -0.25) is 4.79 Å². The molecule has 1 atom stereocenters. The Morgan fingerprint density at radius 2 is 1.91 bits per heavy atom. The molecular formula is C21H20Cl2IN5O3. The number of carbonyl (C=O) groups is 2. The lowest BCUT2D eigenvalue weighted by Gasteiger charge is -2.28. The van der Waals surface area contributed by atoms with E-state index in [1.54, 1.807) is 68.7 Å². The summed E-state index contributed by atoms with van der Waals surface area (Å²) in [5.41, 5.74) is 0.885. The monoisotopic (exact) mass is 587 g/mol. The lowest BCUT2D eigenvalue weighted by Crippen LogP contribution is -2.36. The second kappa shape index (κ2) is 11.4. The first-order chi connectivity index (χ1) is 14.8. The molecule has 168 valence electrons. The minimum absolute atomic E-state index is 0. The number of amides is 2. The van der Waals surface area contributed by atoms with E-state index in [0.29, 0.717) is 26.9 Å². The number of aromatic nitrogens is 2. The average molecular weight is 588 g/mol. The third kappa shape index (κ3) is 5.84. The van der Waals surface area contributed by atoms with E-state index in [0.717, 1.165) is 0 Å². The van der Waals surface area contributed by atoms with Crippen LogP contribution in [0, 0.1) is 0 Å². The standard InChI is InChI=1S/C21H19Cl2N5O3.HI/c1-27(2)21(30)31-17-8-5-11-28(3)16(17)12-24-20(29)19-13(9-10-25-26-19)18-14(22)6-4-7-15(18)23;/h4-12,16H,1-3H3;1H. The predicted octanol–water partition coefficient (Wildman–Crippen LogP) is 4.69. The normalized spacial score (nSPS) is 15.2. The van der Waals surface area contributed by atoms with Crippen LogP contribution < -0.4 is 0 Å². The van der Waals surface area contributed by atoms with Gasteiger partial charge in [0.2, 0.25) is 0 Å². The zero-order chi connectivity index (χ0) is 22.5. The second-order valence-electron chi connectivity index (χ2n) is 6.76. The number of carbonyl (C=O) groups excluding carboxylic acids is 2. The SMILES string of the molecule is CN(C)C(=O)OC1=CC=CN(C)C1C=NC(=O)c1nnccc1-c1c(Cl)cccc1Cl.I. The molecule has 32 heavy (non-hydrogen) atoms. The Balaban J connectivity index is 0.00000363. The molecule has 8 nitrogen and oxygen atoms in total. The molecule has 1 unspecified atom stereocenters. The van der Waals surface area contributed by atoms with Crippen LogP contribution in [0.1, 0.15) is 10.5 Å². The van der Waals surface area contributed by atoms with Gasteiger partial charge >= 0.3 is 6.09 Å². The number of hydrogen-bond donors (Lipinski definition) is 0. The number of benzene rings is 1. The maximum atomic E-state index is 12.9. The summed E-state index contributed by atoms with van der Waals surface area (Å²) < 4.78 is 5.39. The Labute approximate surface area is 212 Å². The second-order valence-corrected chi connectivity index (χ2v) is 7.57. The molecule has 0 saturated carbocycles. The highest BCUT2D eigenvalue weighted by Gasteiger charge is 2.24. The fraction of sp³-hybridized carbons (Fsp3) is 0.190. The predicted molar refractivity (Wildman–Crippen MR) is 135 cm³/mol. The summed E-state index contributed by atoms with van der Waals surface area (Å²) in [4.78, 5) is 31.9. The number of hydrogen-bond acceptors (Lipinski definition) is 6. The third-order valence-corrected chi connectivity index (χ3v) is 5.00. The van der Waals surface area contributed by atoms with Crippen LogP contribution in [0.25, 0.3) is 11.1 Å². The van der Waals surface area contributed by atoms with E-state index >= 15 is 0 Å². The van der Waals surface area contributed by atoms with Crippen LogP contribution in [-0.4, -0.2) is 65.4 Å². The minimum atomic E-state index is -0.639. The van der Waals surface area contributed by atoms with E-state index in [2.05, 4.69) is 15.2 Å². The van der Waals surface area contributed by atoms with E-state index in [1.165, 1.54) is 17.3 Å². The maximum absolute atomic E-state index is 12.9. The lowest BCUT2D eigenvalue weighted by atomic mass is 10.0. The number of nitrogens with zero attached hydrogens (tertiary/aromatic N) is 5. The van der Waals surface area contributed by atoms with Gasteiger partial charge in [-0.2, -0.15) is 5.10 Å². The molecule has 1 aliphatic rings. The molecule has 2 aromatic rings. The van der Waals surface area contributed by atoms with Crippen molar-refractivity contribution in [1.82, 2.24) is 20.0 Å². The molecule has 2 amide bonds. The highest BCUT2D eigenvalue weighted by molar-refractivity contribution is 14.0. The van der Waals surface area contributed by atoms with Crippen LogP contribution >= 0.6 is 47.2 Å². The van der Waals surface area contributed by atoms with Crippen molar-refractivity contribution in [3.63, 3.8) is 0 Å². The van der Waals surface area contributed by atoms with Gasteiger partial charge in [0.15, 0.2) is 5.69 Å². The van der Waals surface area contributed by atoms with E-state index < -0.39 is 18.0 Å². The molecule has 0 aliphatic carbocycles. The number of ether oxygens (including phenoxy) is 1. The van der Waals surface area contributed by atoms with Gasteiger partial charge in [0.05, 0.1) is 6.20 Å². The quantitative estimate of drug-likeness (QED) is 0.381. The van der Waals surface area contributed by atoms with Gasteiger partial charge in [0.25, 0.3) is 5.91 Å². The fourth-order valence-corrected chi connectivity index (χ4v) is 3.38. The van der Waals surface area contributed by atoms with Gasteiger partial charge in [-0.15, -0.1) is 29.1 Å². The molecule has 0 saturated heterocycles. The van der Waals surface area contributed by atoms with Gasteiger partial charge in [-0.1, -0.05) is 29.3 Å². The fourth-order valence-electron chi connectivity index (χ4n) is 2.78. The van der Waals surface area contributed by atoms with Crippen LogP contribution in [0.15, 0.2) is 59.6 Å². The Bertz CT molecular complexity index is 1080. The zero-order valence-corrected chi connectivity index (χ0v) is 21.2. The average Bonchev–Trinajstić information content (AvgIpc) is 2.73. The summed E-state index contributed by atoms with van der Waals surface area (Å²) in [7, 11) is 4.92. The van der Waals surface area contributed by atoms with E-state index in [-0.39, 0.29) is 29.7 Å². The van der Waals surface area contributed by atoms with Crippen LogP contribution in [-0.2, 0) is 4.74 Å². The third-order valence-electron chi connectivity index (χ3n) is 4.37. The summed E-state index contributed by atoms with van der Waals surface area (Å²) in [5, 5.41) is 8.49. The highest BCUT2D eigenvalue weighted by Crippen LogP contribution is 2.35. The molecule has 0 fully saturated rings. The number of halogens is 3. The van der Waals surface area contributed by atoms with Crippen LogP contribution in [0.5, 0.6) is 0 Å². The Morgan fingerprint density at radius 1 is 1.22 bits per heavy atom. The zero-order valence-electron chi connectivity index (χ0n) is 17.4. The summed E-state index contributed by atoms with van der Waals surface area (Å²) in [6.07, 6.45) is 7.42. The number of likely N-dealkylation sites (N-methyl/N-ethyl adjacent to an activating group) is 1. The Morgan fingerprint density at radius 3 is 2.56 bits per heavy atom. The molecule has 1 aromatic carbocycles. The van der Waals surface area contributed by atoms with Crippen molar-refractivity contribution >= 4 is 65.4 Å². The maximum Gasteiger partial charge on any atom is 0.414 e. The van der Waals surface area contributed by atoms with Crippen molar-refractivity contribution in [3.05, 3.63) is 70.3 Å². The van der Waals surface area contributed by atoms with Gasteiger partial charge < -0.3 is 14.5 Å². The van der Waals surface area contributed by atoms with Crippen LogP contribution in [0.2, 0.25) is 10.0 Å². The molecule has 1 aliphatic heterocycles. The molecule has 0 N–H and O–H groups in total. The number of rotatable bonds is 4. The molecular weight excluding hydrogens is 568 g/mol. The molecule has 3 rings (SSSR count). The Hall–Kier alpha value is -2.50. The number of allylic oxidation sites excluding steroid dienone is 2. The van der Waals surface area contributed by atoms with E-state index in [1.807, 2.05) is 0 Å². The van der Waals surface area contributed by atoms with Crippen LogP contribution in [0.4, 0.5) is 4.79 Å². The van der Waals surface area contributed by atoms with Crippen molar-refractivity contribution < 1.29 is 14.3 Å². The molecule has 2 heterocycles. The Kier molecular flexibility index (Phi) is 9.17. The smallest absolute Gasteiger partial charge is 0.412 e. The van der Waals surface area contributed by atoms with Crippen molar-refractivity contribution in [2.24, 2.45) is 4.99 Å². The summed E-state index contributed by atoms with van der Waals surface area (Å²) in [5.74, 6) is -0.311. The van der Waals surface area contributed by atoms with Crippen molar-refractivity contribution in [3.8, 4) is 11.1 Å². The van der Waals surface area contributed by atoms with Gasteiger partial charge in [0.1, 0.15) is 11.8 Å². The van der Waals surface area contributed by atoms with Gasteiger partial charge in [0, 0.05) is 48.5 Å². The largest absolute Gasteiger partial charge is 0.414 e. The summed E-state index contributed by atoms with van der Waals surface area (Å²) in [6.45, 7) is 0. The molecule has 0 spiro atoms. The van der Waals surface area contributed by atoms with E-state index in [9.17, 15) is 9.59 Å². The highest BCUT2D eigenvalue weighted by atomic mass is 127.